The molecule has 0 N–H and O–H groups in total. The monoisotopic (exact) mass is 269 g/mol. The van der Waals surface area contributed by atoms with Crippen LogP contribution >= 0.6 is 0 Å². The standard InChI is InChI=1S/C15H15N3O2/c1-17(2)14-7-5-12(6-8-14)3-4-13-9-10-16-15(11-13)18(19)20/h3-11H,1-2H3. The minimum Gasteiger partial charge on any atom is -0.378 e. The molecule has 1 aromatic carbocycles. The summed E-state index contributed by atoms with van der Waals surface area (Å²) in [6.45, 7) is 0. The number of nitrogens with zero attached hydrogens (tertiary/aromatic N) is 3. The van der Waals surface area contributed by atoms with E-state index in [2.05, 4.69) is 4.98 Å². The highest BCUT2D eigenvalue weighted by Gasteiger charge is 2.05. The molecule has 0 radical (unpaired) electrons. The first-order valence-corrected chi connectivity index (χ1v) is 6.12. The predicted octanol–water partition coefficient (Wildman–Crippen LogP) is 3.23. The number of nitro groups is 1. The van der Waals surface area contributed by atoms with Crippen molar-refractivity contribution in [2.24, 2.45) is 0 Å². The lowest BCUT2D eigenvalue weighted by Crippen LogP contribution is -2.07. The van der Waals surface area contributed by atoms with Gasteiger partial charge in [-0.25, -0.2) is 0 Å². The molecule has 0 fully saturated rings. The highest BCUT2D eigenvalue weighted by molar-refractivity contribution is 5.70. The van der Waals surface area contributed by atoms with Crippen molar-refractivity contribution in [3.8, 4) is 0 Å². The van der Waals surface area contributed by atoms with E-state index in [9.17, 15) is 10.1 Å². The van der Waals surface area contributed by atoms with Gasteiger partial charge in [0, 0.05) is 25.8 Å². The Bertz CT molecular complexity index is 634. The van der Waals surface area contributed by atoms with Crippen LogP contribution in [0.25, 0.3) is 12.2 Å². The van der Waals surface area contributed by atoms with Crippen LogP contribution in [0.2, 0.25) is 0 Å². The Morgan fingerprint density at radius 3 is 2.35 bits per heavy atom. The van der Waals surface area contributed by atoms with Crippen molar-refractivity contribution in [1.82, 2.24) is 4.98 Å². The maximum atomic E-state index is 10.6. The second-order valence-electron chi connectivity index (χ2n) is 4.52. The van der Waals surface area contributed by atoms with Crippen molar-refractivity contribution in [2.45, 2.75) is 0 Å². The first kappa shape index (κ1) is 13.7. The van der Waals surface area contributed by atoms with E-state index in [1.807, 2.05) is 55.4 Å². The molecule has 20 heavy (non-hydrogen) atoms. The van der Waals surface area contributed by atoms with Gasteiger partial charge in [-0.15, -0.1) is 0 Å². The van der Waals surface area contributed by atoms with Gasteiger partial charge in [-0.2, -0.15) is 0 Å². The summed E-state index contributed by atoms with van der Waals surface area (Å²) in [4.78, 5) is 15.9. The van der Waals surface area contributed by atoms with Crippen molar-refractivity contribution in [3.05, 3.63) is 63.8 Å². The van der Waals surface area contributed by atoms with Gasteiger partial charge in [0.05, 0.1) is 0 Å². The lowest BCUT2D eigenvalue weighted by molar-refractivity contribution is -0.389. The maximum Gasteiger partial charge on any atom is 0.363 e. The molecule has 5 nitrogen and oxygen atoms in total. The molecule has 102 valence electrons. The molecule has 0 bridgehead atoms. The van der Waals surface area contributed by atoms with Crippen LogP contribution in [0.1, 0.15) is 11.1 Å². The largest absolute Gasteiger partial charge is 0.378 e. The average Bonchev–Trinajstić information content (AvgIpc) is 2.46. The second-order valence-corrected chi connectivity index (χ2v) is 4.52. The molecule has 0 saturated carbocycles. The third-order valence-corrected chi connectivity index (χ3v) is 2.83. The van der Waals surface area contributed by atoms with E-state index in [1.54, 1.807) is 6.07 Å². The van der Waals surface area contributed by atoms with E-state index in [1.165, 1.54) is 12.3 Å². The number of hydrogen-bond donors (Lipinski definition) is 0. The van der Waals surface area contributed by atoms with Gasteiger partial charge in [0.2, 0.25) is 0 Å². The van der Waals surface area contributed by atoms with Gasteiger partial charge in [-0.1, -0.05) is 24.3 Å². The molecule has 0 aliphatic rings. The Labute approximate surface area is 117 Å². The third kappa shape index (κ3) is 3.41. The summed E-state index contributed by atoms with van der Waals surface area (Å²) < 4.78 is 0. The van der Waals surface area contributed by atoms with E-state index in [4.69, 9.17) is 0 Å². The zero-order chi connectivity index (χ0) is 14.5. The summed E-state index contributed by atoms with van der Waals surface area (Å²) in [6.07, 6.45) is 5.19. The molecule has 2 aromatic rings. The van der Waals surface area contributed by atoms with Crippen molar-refractivity contribution in [1.29, 1.82) is 0 Å². The second kappa shape index (κ2) is 5.97. The Morgan fingerprint density at radius 1 is 1.10 bits per heavy atom. The minimum atomic E-state index is -0.497. The van der Waals surface area contributed by atoms with Crippen LogP contribution in [-0.2, 0) is 0 Å². The Morgan fingerprint density at radius 2 is 1.75 bits per heavy atom. The quantitative estimate of drug-likeness (QED) is 0.631. The molecule has 5 heteroatoms. The molecule has 0 amide bonds. The van der Waals surface area contributed by atoms with Crippen LogP contribution in [0.15, 0.2) is 42.6 Å². The van der Waals surface area contributed by atoms with Crippen molar-refractivity contribution in [3.63, 3.8) is 0 Å². The highest BCUT2D eigenvalue weighted by Crippen LogP contribution is 2.16. The molecular weight excluding hydrogens is 254 g/mol. The van der Waals surface area contributed by atoms with Crippen molar-refractivity contribution in [2.75, 3.05) is 19.0 Å². The minimum absolute atomic E-state index is 0.143. The van der Waals surface area contributed by atoms with Gasteiger partial charge in [0.1, 0.15) is 6.20 Å². The molecule has 0 aliphatic carbocycles. The van der Waals surface area contributed by atoms with E-state index < -0.39 is 4.92 Å². The molecule has 2 rings (SSSR count). The predicted molar refractivity (Wildman–Crippen MR) is 80.6 cm³/mol. The lowest BCUT2D eigenvalue weighted by Gasteiger charge is -2.11. The summed E-state index contributed by atoms with van der Waals surface area (Å²) in [5, 5.41) is 10.6. The van der Waals surface area contributed by atoms with E-state index in [0.717, 1.165) is 16.8 Å². The van der Waals surface area contributed by atoms with Crippen molar-refractivity contribution >= 4 is 23.7 Å². The first-order chi connectivity index (χ1) is 9.56. The fourth-order valence-corrected chi connectivity index (χ4v) is 1.71. The molecule has 0 atom stereocenters. The molecule has 1 heterocycles. The third-order valence-electron chi connectivity index (χ3n) is 2.83. The Balaban J connectivity index is 2.16. The molecule has 0 aliphatic heterocycles. The SMILES string of the molecule is CN(C)c1ccc(C=Cc2ccnc([N+](=O)[O-])c2)cc1. The number of pyridine rings is 1. The molecule has 1 aromatic heterocycles. The summed E-state index contributed by atoms with van der Waals surface area (Å²) in [5.74, 6) is -0.143. The van der Waals surface area contributed by atoms with Gasteiger partial charge in [0.15, 0.2) is 0 Å². The van der Waals surface area contributed by atoms with E-state index in [-0.39, 0.29) is 5.82 Å². The molecule has 0 saturated heterocycles. The van der Waals surface area contributed by atoms with Crippen LogP contribution in [0.4, 0.5) is 11.5 Å². The number of anilines is 1. The Kier molecular flexibility index (Phi) is 4.10. The average molecular weight is 269 g/mol. The van der Waals surface area contributed by atoms with Crippen molar-refractivity contribution < 1.29 is 4.92 Å². The summed E-state index contributed by atoms with van der Waals surface area (Å²) >= 11 is 0. The fraction of sp³-hybridized carbons (Fsp3) is 0.133. The molecule has 0 unspecified atom stereocenters. The Hall–Kier alpha value is -2.69. The number of hydrogen-bond acceptors (Lipinski definition) is 4. The van der Waals surface area contributed by atoms with Gasteiger partial charge in [-0.05, 0) is 39.2 Å². The first-order valence-electron chi connectivity index (χ1n) is 6.12. The zero-order valence-corrected chi connectivity index (χ0v) is 11.4. The van der Waals surface area contributed by atoms with Crippen LogP contribution in [0.3, 0.4) is 0 Å². The van der Waals surface area contributed by atoms with Crippen LogP contribution in [-0.4, -0.2) is 24.0 Å². The van der Waals surface area contributed by atoms with Gasteiger partial charge in [0.25, 0.3) is 0 Å². The van der Waals surface area contributed by atoms with Crippen LogP contribution in [0.5, 0.6) is 0 Å². The number of rotatable bonds is 4. The molecular formula is C15H15N3O2. The number of aromatic nitrogens is 1. The van der Waals surface area contributed by atoms with Crippen LogP contribution in [0, 0.1) is 10.1 Å². The van der Waals surface area contributed by atoms with Gasteiger partial charge in [-0.3, -0.25) is 0 Å². The zero-order valence-electron chi connectivity index (χ0n) is 11.4. The molecule has 0 spiro atoms. The fourth-order valence-electron chi connectivity index (χ4n) is 1.71. The van der Waals surface area contributed by atoms with Gasteiger partial charge < -0.3 is 15.0 Å². The lowest BCUT2D eigenvalue weighted by atomic mass is 10.1. The summed E-state index contributed by atoms with van der Waals surface area (Å²) in [6, 6.07) is 11.2. The maximum absolute atomic E-state index is 10.6. The topological polar surface area (TPSA) is 59.3 Å². The normalized spacial score (nSPS) is 10.7. The number of benzene rings is 1. The van der Waals surface area contributed by atoms with Crippen LogP contribution < -0.4 is 4.90 Å². The van der Waals surface area contributed by atoms with E-state index in [0.29, 0.717) is 0 Å². The highest BCUT2D eigenvalue weighted by atomic mass is 16.6. The van der Waals surface area contributed by atoms with E-state index >= 15 is 0 Å². The smallest absolute Gasteiger partial charge is 0.363 e. The van der Waals surface area contributed by atoms with Gasteiger partial charge >= 0.3 is 5.82 Å². The summed E-state index contributed by atoms with van der Waals surface area (Å²) in [7, 11) is 3.97. The summed E-state index contributed by atoms with van der Waals surface area (Å²) in [5.41, 5.74) is 2.92.